The lowest BCUT2D eigenvalue weighted by atomic mass is 9.98. The Labute approximate surface area is 248 Å². The number of halogens is 3. The second-order valence-corrected chi connectivity index (χ2v) is 12.9. The number of aryl methyl sites for hydroxylation is 1. The number of fused-ring (bicyclic) bond motifs is 1. The van der Waals surface area contributed by atoms with Crippen LogP contribution in [0.4, 0.5) is 24.8 Å². The van der Waals surface area contributed by atoms with Gasteiger partial charge in [-0.25, -0.2) is 36.5 Å². The topological polar surface area (TPSA) is 118 Å². The molecule has 1 saturated heterocycles. The van der Waals surface area contributed by atoms with Gasteiger partial charge in [-0.3, -0.25) is 4.72 Å². The van der Waals surface area contributed by atoms with Crippen molar-refractivity contribution in [3.8, 4) is 22.9 Å². The lowest BCUT2D eigenvalue weighted by Gasteiger charge is -2.28. The van der Waals surface area contributed by atoms with E-state index in [2.05, 4.69) is 32.2 Å². The van der Waals surface area contributed by atoms with Crippen molar-refractivity contribution >= 4 is 32.4 Å². The number of anilines is 2. The Morgan fingerprint density at radius 2 is 1.86 bits per heavy atom. The number of pyridine rings is 1. The van der Waals surface area contributed by atoms with Crippen molar-refractivity contribution in [3.63, 3.8) is 0 Å². The van der Waals surface area contributed by atoms with Crippen molar-refractivity contribution in [3.05, 3.63) is 66.2 Å². The third-order valence-corrected chi connectivity index (χ3v) is 8.43. The smallest absolute Gasteiger partial charge is 0.246 e. The van der Waals surface area contributed by atoms with Crippen LogP contribution in [-0.2, 0) is 10.0 Å². The second-order valence-electron chi connectivity index (χ2n) is 11.0. The number of nitrogens with one attached hydrogen (secondary N) is 3. The highest BCUT2D eigenvalue weighted by molar-refractivity contribution is 7.92. The quantitative estimate of drug-likeness (QED) is 0.195. The zero-order valence-electron chi connectivity index (χ0n) is 24.0. The van der Waals surface area contributed by atoms with Crippen molar-refractivity contribution in [2.24, 2.45) is 5.92 Å². The van der Waals surface area contributed by atoms with Crippen LogP contribution < -0.4 is 20.1 Å². The molecule has 4 aromatic rings. The Kier molecular flexibility index (Phi) is 8.74. The van der Waals surface area contributed by atoms with Crippen LogP contribution in [0.5, 0.6) is 11.6 Å². The maximum absolute atomic E-state index is 14.9. The molecule has 2 aromatic carbocycles. The van der Waals surface area contributed by atoms with Crippen LogP contribution in [0.3, 0.4) is 0 Å². The van der Waals surface area contributed by atoms with E-state index in [0.29, 0.717) is 46.7 Å². The minimum absolute atomic E-state index is 0.187. The van der Waals surface area contributed by atoms with Gasteiger partial charge in [0, 0.05) is 42.2 Å². The van der Waals surface area contributed by atoms with E-state index in [0.717, 1.165) is 25.6 Å². The first-order valence-electron chi connectivity index (χ1n) is 13.9. The Balaban J connectivity index is 1.47. The number of aromatic nitrogens is 3. The molecule has 0 radical (unpaired) electrons. The lowest BCUT2D eigenvalue weighted by molar-refractivity contribution is 0.0189. The van der Waals surface area contributed by atoms with E-state index in [4.69, 9.17) is 9.72 Å². The third kappa shape index (κ3) is 7.52. The summed E-state index contributed by atoms with van der Waals surface area (Å²) >= 11 is 0. The van der Waals surface area contributed by atoms with Gasteiger partial charge in [-0.15, -0.1) is 0 Å². The van der Waals surface area contributed by atoms with Gasteiger partial charge in [0.1, 0.15) is 11.6 Å². The fourth-order valence-electron chi connectivity index (χ4n) is 5.01. The molecule has 2 aromatic heterocycles. The zero-order valence-corrected chi connectivity index (χ0v) is 24.8. The summed E-state index contributed by atoms with van der Waals surface area (Å²) in [6, 6.07) is 11.3. The van der Waals surface area contributed by atoms with Crippen LogP contribution in [0.2, 0.25) is 0 Å². The number of ether oxygens (including phenoxy) is 1. The molecule has 0 saturated carbocycles. The number of benzene rings is 2. The second kappa shape index (κ2) is 12.3. The molecular weight excluding hydrogens is 581 g/mol. The summed E-state index contributed by atoms with van der Waals surface area (Å²) in [6.07, 6.45) is 3.31. The summed E-state index contributed by atoms with van der Waals surface area (Å²) in [5.74, 6) is -3.34. The van der Waals surface area contributed by atoms with Crippen LogP contribution in [-0.4, -0.2) is 54.2 Å². The molecule has 13 heteroatoms. The molecule has 1 fully saturated rings. The normalized spacial score (nSPS) is 17.5. The van der Waals surface area contributed by atoms with E-state index >= 15 is 0 Å². The van der Waals surface area contributed by atoms with Crippen LogP contribution in [0.15, 0.2) is 54.9 Å². The first kappa shape index (κ1) is 30.5. The van der Waals surface area contributed by atoms with Gasteiger partial charge in [0.25, 0.3) is 0 Å². The molecule has 43 heavy (non-hydrogen) atoms. The SMILES string of the molecule is Cc1ccc2c(NS(=O)(=O)CCC(C)(F)F)c(F)ccc2c1Oc1ncccc1-c1ccnc(N[C@@H]2CNC[C@H](C)C2)n1. The average Bonchev–Trinajstić information content (AvgIpc) is 2.95. The van der Waals surface area contributed by atoms with Crippen molar-refractivity contribution in [2.75, 3.05) is 28.9 Å². The third-order valence-electron chi connectivity index (χ3n) is 7.17. The van der Waals surface area contributed by atoms with E-state index in [1.54, 1.807) is 43.6 Å². The minimum Gasteiger partial charge on any atom is -0.437 e. The van der Waals surface area contributed by atoms with Crippen LogP contribution in [0, 0.1) is 18.7 Å². The summed E-state index contributed by atoms with van der Waals surface area (Å²) in [4.78, 5) is 13.5. The van der Waals surface area contributed by atoms with Gasteiger partial charge in [0.2, 0.25) is 27.8 Å². The van der Waals surface area contributed by atoms with Gasteiger partial charge in [-0.05, 0) is 68.6 Å². The minimum atomic E-state index is -4.27. The number of piperidine rings is 1. The van der Waals surface area contributed by atoms with E-state index in [1.807, 2.05) is 6.07 Å². The fourth-order valence-corrected chi connectivity index (χ4v) is 6.26. The molecule has 0 spiro atoms. The molecule has 1 aliphatic heterocycles. The number of sulfonamides is 1. The number of rotatable bonds is 10. The number of nitrogens with zero attached hydrogens (tertiary/aromatic N) is 3. The molecule has 0 aliphatic carbocycles. The first-order chi connectivity index (χ1) is 20.4. The lowest BCUT2D eigenvalue weighted by Crippen LogP contribution is -2.42. The number of hydrogen-bond donors (Lipinski definition) is 3. The summed E-state index contributed by atoms with van der Waals surface area (Å²) in [5, 5.41) is 7.40. The highest BCUT2D eigenvalue weighted by atomic mass is 32.2. The van der Waals surface area contributed by atoms with Crippen molar-refractivity contribution in [1.82, 2.24) is 20.3 Å². The van der Waals surface area contributed by atoms with Crippen LogP contribution in [0.1, 0.15) is 32.3 Å². The highest BCUT2D eigenvalue weighted by Gasteiger charge is 2.26. The summed E-state index contributed by atoms with van der Waals surface area (Å²) < 4.78 is 75.2. The Bertz CT molecular complexity index is 1730. The predicted octanol–water partition coefficient (Wildman–Crippen LogP) is 6.13. The maximum Gasteiger partial charge on any atom is 0.246 e. The molecule has 5 rings (SSSR count). The first-order valence-corrected chi connectivity index (χ1v) is 15.6. The van der Waals surface area contributed by atoms with Crippen LogP contribution >= 0.6 is 0 Å². The van der Waals surface area contributed by atoms with Gasteiger partial charge in [0.15, 0.2) is 0 Å². The molecule has 3 heterocycles. The van der Waals surface area contributed by atoms with E-state index in [-0.39, 0.29) is 23.0 Å². The average molecular weight is 615 g/mol. The van der Waals surface area contributed by atoms with Crippen LogP contribution in [0.25, 0.3) is 22.0 Å². The predicted molar refractivity (Wildman–Crippen MR) is 161 cm³/mol. The summed E-state index contributed by atoms with van der Waals surface area (Å²) in [5.41, 5.74) is 1.49. The molecule has 3 N–H and O–H groups in total. The molecule has 0 bridgehead atoms. The van der Waals surface area contributed by atoms with Crippen molar-refractivity contribution in [1.29, 1.82) is 0 Å². The van der Waals surface area contributed by atoms with E-state index in [9.17, 15) is 21.6 Å². The largest absolute Gasteiger partial charge is 0.437 e. The van der Waals surface area contributed by atoms with Gasteiger partial charge in [0.05, 0.1) is 22.7 Å². The summed E-state index contributed by atoms with van der Waals surface area (Å²) in [7, 11) is -4.27. The van der Waals surface area contributed by atoms with Gasteiger partial charge in [-0.2, -0.15) is 0 Å². The molecule has 0 unspecified atom stereocenters. The van der Waals surface area contributed by atoms with Gasteiger partial charge >= 0.3 is 0 Å². The molecule has 1 aliphatic rings. The highest BCUT2D eigenvalue weighted by Crippen LogP contribution is 2.40. The molecular formula is C30H33F3N6O3S. The van der Waals surface area contributed by atoms with Crippen molar-refractivity contribution in [2.45, 2.75) is 45.6 Å². The Morgan fingerprint density at radius 3 is 2.63 bits per heavy atom. The van der Waals surface area contributed by atoms with Gasteiger partial charge < -0.3 is 15.4 Å². The molecule has 9 nitrogen and oxygen atoms in total. The standard InChI is InChI=1S/C30H33F3N6O3S/c1-18-15-20(17-34-16-18)37-29-36-13-10-25(38-29)23-5-4-12-35-28(23)42-27-19(2)6-7-21-22(27)8-9-24(31)26(21)39-43(40,41)14-11-30(3,32)33/h4-10,12-13,18,20,34,39H,11,14-17H2,1-3H3,(H,36,37,38)/t18-,20+/m1/s1. The molecule has 2 atom stereocenters. The number of alkyl halides is 2. The van der Waals surface area contributed by atoms with E-state index in [1.165, 1.54) is 6.07 Å². The fraction of sp³-hybridized carbons (Fsp3) is 0.367. The van der Waals surface area contributed by atoms with E-state index < -0.39 is 33.9 Å². The zero-order chi connectivity index (χ0) is 30.8. The molecule has 0 amide bonds. The number of hydrogen-bond acceptors (Lipinski definition) is 8. The summed E-state index contributed by atoms with van der Waals surface area (Å²) in [6.45, 7) is 6.39. The Morgan fingerprint density at radius 1 is 1.07 bits per heavy atom. The van der Waals surface area contributed by atoms with Crippen molar-refractivity contribution < 1.29 is 26.3 Å². The van der Waals surface area contributed by atoms with Gasteiger partial charge in [-0.1, -0.05) is 19.1 Å². The maximum atomic E-state index is 14.9. The molecule has 228 valence electrons. The Hall–Kier alpha value is -3.97. The monoisotopic (exact) mass is 614 g/mol.